The van der Waals surface area contributed by atoms with Crippen molar-refractivity contribution in [3.05, 3.63) is 41.5 Å². The van der Waals surface area contributed by atoms with E-state index in [-0.39, 0.29) is 5.78 Å². The highest BCUT2D eigenvalue weighted by molar-refractivity contribution is 5.97. The quantitative estimate of drug-likeness (QED) is 0.458. The molecule has 0 unspecified atom stereocenters. The Balaban J connectivity index is 2.40. The highest BCUT2D eigenvalue weighted by Gasteiger charge is 2.15. The van der Waals surface area contributed by atoms with Crippen molar-refractivity contribution in [2.75, 3.05) is 6.61 Å². The fourth-order valence-corrected chi connectivity index (χ4v) is 2.48. The van der Waals surface area contributed by atoms with Gasteiger partial charge in [-0.25, -0.2) is 0 Å². The summed E-state index contributed by atoms with van der Waals surface area (Å²) in [6.07, 6.45) is 7.60. The number of aryl methyl sites for hydroxylation is 2. The van der Waals surface area contributed by atoms with Gasteiger partial charge < -0.3 is 4.74 Å². The van der Waals surface area contributed by atoms with Crippen LogP contribution in [0.3, 0.4) is 0 Å². The van der Waals surface area contributed by atoms with Crippen LogP contribution in [-0.2, 0) is 12.8 Å². The van der Waals surface area contributed by atoms with Crippen LogP contribution in [0.15, 0.2) is 24.8 Å². The number of carbonyl (C=O) groups excluding carboxylic acids is 1. The molecule has 0 saturated heterocycles. The number of carbonyl (C=O) groups is 1. The Morgan fingerprint density at radius 1 is 1.28 bits per heavy atom. The molecule has 0 aromatic heterocycles. The Morgan fingerprint density at radius 2 is 1.94 bits per heavy atom. The fraction of sp³-hybridized carbons (Fsp3) is 0.438. The Hall–Kier alpha value is -1.57. The van der Waals surface area contributed by atoms with E-state index in [0.717, 1.165) is 12.8 Å². The summed E-state index contributed by atoms with van der Waals surface area (Å²) in [6.45, 7) is 5.68. The number of ketones is 1. The highest BCUT2D eigenvalue weighted by Crippen LogP contribution is 2.29. The first-order valence-corrected chi connectivity index (χ1v) is 6.63. The van der Waals surface area contributed by atoms with Crippen LogP contribution in [0.1, 0.15) is 47.7 Å². The van der Waals surface area contributed by atoms with Crippen molar-refractivity contribution in [2.45, 2.75) is 39.0 Å². The van der Waals surface area contributed by atoms with E-state index in [1.54, 1.807) is 13.0 Å². The molecule has 0 aliphatic heterocycles. The lowest BCUT2D eigenvalue weighted by Crippen LogP contribution is -2.04. The van der Waals surface area contributed by atoms with Crippen LogP contribution in [0.2, 0.25) is 0 Å². The molecule has 1 aromatic rings. The molecule has 0 fully saturated rings. The SMILES string of the molecule is C=CCOc1cc2c(cc1C(C)=O)CCCCC2. The predicted molar refractivity (Wildman–Crippen MR) is 73.4 cm³/mol. The number of rotatable bonds is 4. The molecule has 0 amide bonds. The number of benzene rings is 1. The molecule has 1 aliphatic rings. The predicted octanol–water partition coefficient (Wildman–Crippen LogP) is 3.72. The molecular formula is C16H20O2. The minimum absolute atomic E-state index is 0.0705. The van der Waals surface area contributed by atoms with Crippen LogP contribution in [-0.4, -0.2) is 12.4 Å². The Labute approximate surface area is 109 Å². The molecule has 0 atom stereocenters. The summed E-state index contributed by atoms with van der Waals surface area (Å²) in [5, 5.41) is 0. The van der Waals surface area contributed by atoms with E-state index in [1.165, 1.54) is 30.4 Å². The summed E-state index contributed by atoms with van der Waals surface area (Å²) in [6, 6.07) is 4.09. The van der Waals surface area contributed by atoms with E-state index < -0.39 is 0 Å². The summed E-state index contributed by atoms with van der Waals surface area (Å²) in [7, 11) is 0. The lowest BCUT2D eigenvalue weighted by atomic mass is 9.97. The maximum Gasteiger partial charge on any atom is 0.163 e. The first-order valence-electron chi connectivity index (χ1n) is 6.63. The Bertz CT molecular complexity index is 460. The summed E-state index contributed by atoms with van der Waals surface area (Å²) in [5.74, 6) is 0.782. The summed E-state index contributed by atoms with van der Waals surface area (Å²) in [4.78, 5) is 11.7. The van der Waals surface area contributed by atoms with Gasteiger partial charge in [0.1, 0.15) is 12.4 Å². The second-order valence-electron chi connectivity index (χ2n) is 4.83. The zero-order valence-corrected chi connectivity index (χ0v) is 11.0. The minimum atomic E-state index is 0.0705. The maximum atomic E-state index is 11.7. The van der Waals surface area contributed by atoms with Crippen LogP contribution in [0.5, 0.6) is 5.75 Å². The van der Waals surface area contributed by atoms with Crippen molar-refractivity contribution in [3.8, 4) is 5.75 Å². The molecular weight excluding hydrogens is 224 g/mol. The lowest BCUT2D eigenvalue weighted by Gasteiger charge is -2.13. The Kier molecular flexibility index (Phi) is 4.19. The first kappa shape index (κ1) is 12.9. The standard InChI is InChI=1S/C16H20O2/c1-3-9-18-16-11-14-8-6-4-5-7-13(14)10-15(16)12(2)17/h3,10-11H,1,4-9H2,2H3. The van der Waals surface area contributed by atoms with Crippen LogP contribution in [0.25, 0.3) is 0 Å². The van der Waals surface area contributed by atoms with Gasteiger partial charge in [0.25, 0.3) is 0 Å². The van der Waals surface area contributed by atoms with E-state index in [9.17, 15) is 4.79 Å². The summed E-state index contributed by atoms with van der Waals surface area (Å²) >= 11 is 0. The molecule has 0 spiro atoms. The van der Waals surface area contributed by atoms with Crippen molar-refractivity contribution in [2.24, 2.45) is 0 Å². The van der Waals surface area contributed by atoms with Crippen LogP contribution in [0.4, 0.5) is 0 Å². The molecule has 1 aromatic carbocycles. The monoisotopic (exact) mass is 244 g/mol. The van der Waals surface area contributed by atoms with E-state index in [0.29, 0.717) is 17.9 Å². The van der Waals surface area contributed by atoms with Gasteiger partial charge >= 0.3 is 0 Å². The van der Waals surface area contributed by atoms with Crippen LogP contribution in [0, 0.1) is 0 Å². The molecule has 2 rings (SSSR count). The van der Waals surface area contributed by atoms with Gasteiger partial charge in [-0.1, -0.05) is 19.1 Å². The molecule has 0 heterocycles. The topological polar surface area (TPSA) is 26.3 Å². The average Bonchev–Trinajstić information content (AvgIpc) is 2.59. The fourth-order valence-electron chi connectivity index (χ4n) is 2.48. The van der Waals surface area contributed by atoms with Gasteiger partial charge in [-0.05, 0) is 55.9 Å². The third-order valence-electron chi connectivity index (χ3n) is 3.43. The van der Waals surface area contributed by atoms with E-state index in [1.807, 2.05) is 6.07 Å². The van der Waals surface area contributed by atoms with Crippen molar-refractivity contribution < 1.29 is 9.53 Å². The Morgan fingerprint density at radius 3 is 2.56 bits per heavy atom. The smallest absolute Gasteiger partial charge is 0.163 e. The third-order valence-corrected chi connectivity index (χ3v) is 3.43. The molecule has 2 heteroatoms. The number of ether oxygens (including phenoxy) is 1. The van der Waals surface area contributed by atoms with E-state index >= 15 is 0 Å². The van der Waals surface area contributed by atoms with Gasteiger partial charge in [0.15, 0.2) is 5.78 Å². The third kappa shape index (κ3) is 2.81. The largest absolute Gasteiger partial charge is 0.489 e. The molecule has 18 heavy (non-hydrogen) atoms. The zero-order chi connectivity index (χ0) is 13.0. The van der Waals surface area contributed by atoms with Gasteiger partial charge in [0.05, 0.1) is 5.56 Å². The van der Waals surface area contributed by atoms with Gasteiger partial charge in [0.2, 0.25) is 0 Å². The molecule has 96 valence electrons. The second kappa shape index (κ2) is 5.85. The molecule has 0 bridgehead atoms. The van der Waals surface area contributed by atoms with Crippen molar-refractivity contribution >= 4 is 5.78 Å². The summed E-state index contributed by atoms with van der Waals surface area (Å²) in [5.41, 5.74) is 3.37. The van der Waals surface area contributed by atoms with Gasteiger partial charge in [-0.2, -0.15) is 0 Å². The molecule has 1 aliphatic carbocycles. The number of fused-ring (bicyclic) bond motifs is 1. The summed E-state index contributed by atoms with van der Waals surface area (Å²) < 4.78 is 5.62. The molecule has 0 saturated carbocycles. The highest BCUT2D eigenvalue weighted by atomic mass is 16.5. The maximum absolute atomic E-state index is 11.7. The number of hydrogen-bond acceptors (Lipinski definition) is 2. The molecule has 0 N–H and O–H groups in total. The van der Waals surface area contributed by atoms with E-state index in [4.69, 9.17) is 4.74 Å². The normalized spacial score (nSPS) is 14.5. The average molecular weight is 244 g/mol. The second-order valence-corrected chi connectivity index (χ2v) is 4.83. The first-order chi connectivity index (χ1) is 8.72. The van der Waals surface area contributed by atoms with Gasteiger partial charge in [-0.3, -0.25) is 4.79 Å². The van der Waals surface area contributed by atoms with Crippen molar-refractivity contribution in [1.29, 1.82) is 0 Å². The van der Waals surface area contributed by atoms with Crippen LogP contribution < -0.4 is 4.74 Å². The zero-order valence-electron chi connectivity index (χ0n) is 11.0. The van der Waals surface area contributed by atoms with E-state index in [2.05, 4.69) is 12.6 Å². The van der Waals surface area contributed by atoms with Gasteiger partial charge in [-0.15, -0.1) is 0 Å². The van der Waals surface area contributed by atoms with Crippen molar-refractivity contribution in [3.63, 3.8) is 0 Å². The number of hydrogen-bond donors (Lipinski definition) is 0. The number of Topliss-reactive ketones (excluding diaryl/α,β-unsaturated/α-hetero) is 1. The lowest BCUT2D eigenvalue weighted by molar-refractivity contribution is 0.101. The minimum Gasteiger partial charge on any atom is -0.489 e. The van der Waals surface area contributed by atoms with Gasteiger partial charge in [0, 0.05) is 0 Å². The van der Waals surface area contributed by atoms with Crippen molar-refractivity contribution in [1.82, 2.24) is 0 Å². The molecule has 0 radical (unpaired) electrons. The van der Waals surface area contributed by atoms with Crippen LogP contribution >= 0.6 is 0 Å². The molecule has 2 nitrogen and oxygen atoms in total.